The summed E-state index contributed by atoms with van der Waals surface area (Å²) in [5, 5.41) is 0. The third kappa shape index (κ3) is 2.65. The number of likely N-dealkylation sites (N-methyl/N-ethyl adjacent to an activating group) is 2. The first-order chi connectivity index (χ1) is 13.3. The van der Waals surface area contributed by atoms with Gasteiger partial charge in [0.25, 0.3) is 5.91 Å². The fourth-order valence-electron chi connectivity index (χ4n) is 4.01. The van der Waals surface area contributed by atoms with Crippen LogP contribution in [-0.4, -0.2) is 67.2 Å². The van der Waals surface area contributed by atoms with Crippen molar-refractivity contribution in [3.63, 3.8) is 0 Å². The van der Waals surface area contributed by atoms with Crippen LogP contribution in [0.1, 0.15) is 12.8 Å². The summed E-state index contributed by atoms with van der Waals surface area (Å²) in [4.78, 5) is 27.5. The molecule has 0 unspecified atom stereocenters. The van der Waals surface area contributed by atoms with Gasteiger partial charge in [-0.05, 0) is 36.6 Å². The Kier molecular flexibility index (Phi) is 4.31. The molecule has 3 heterocycles. The summed E-state index contributed by atoms with van der Waals surface area (Å²) in [6, 6.07) is 8.12. The summed E-state index contributed by atoms with van der Waals surface area (Å²) in [5.74, 6) is -0.265. The van der Waals surface area contributed by atoms with Crippen molar-refractivity contribution in [2.45, 2.75) is 23.3 Å². The van der Waals surface area contributed by atoms with Gasteiger partial charge in [0.1, 0.15) is 5.54 Å². The molecule has 1 aromatic carbocycles. The number of sulfonamides is 1. The molecule has 0 bridgehead atoms. The molecule has 148 valence electrons. The normalized spacial score (nSPS) is 20.4. The van der Waals surface area contributed by atoms with E-state index < -0.39 is 15.6 Å². The van der Waals surface area contributed by atoms with Crippen molar-refractivity contribution in [2.24, 2.45) is 0 Å². The standard InChI is InChI=1S/C19H21N3O5S/c1-20-17(23)19(21(2)18(20)24)7-9-22(10-8-19)28(25,26)16-5-3-4-14(12-16)15-6-11-27-13-15/h3-6,11-13H,7-10H2,1-2H3. The van der Waals surface area contributed by atoms with Crippen LogP contribution >= 0.6 is 0 Å². The van der Waals surface area contributed by atoms with Crippen molar-refractivity contribution >= 4 is 22.0 Å². The van der Waals surface area contributed by atoms with E-state index in [0.717, 1.165) is 16.0 Å². The van der Waals surface area contributed by atoms with Crippen LogP contribution in [0.5, 0.6) is 0 Å². The molecular formula is C19H21N3O5S. The van der Waals surface area contributed by atoms with Crippen LogP contribution in [0.4, 0.5) is 4.79 Å². The largest absolute Gasteiger partial charge is 0.472 e. The number of benzene rings is 1. The van der Waals surface area contributed by atoms with Gasteiger partial charge in [0, 0.05) is 32.7 Å². The van der Waals surface area contributed by atoms with E-state index in [1.807, 2.05) is 6.07 Å². The highest BCUT2D eigenvalue weighted by Crippen LogP contribution is 2.37. The predicted octanol–water partition coefficient (Wildman–Crippen LogP) is 1.99. The summed E-state index contributed by atoms with van der Waals surface area (Å²) >= 11 is 0. The topological polar surface area (TPSA) is 91.1 Å². The first kappa shape index (κ1) is 18.7. The maximum Gasteiger partial charge on any atom is 0.327 e. The fourth-order valence-corrected chi connectivity index (χ4v) is 5.50. The SMILES string of the molecule is CN1C(=O)N(C)C2(CCN(S(=O)(=O)c3cccc(-c4ccoc4)c3)CC2)C1=O. The third-order valence-electron chi connectivity index (χ3n) is 5.79. The Balaban J connectivity index is 1.57. The maximum atomic E-state index is 13.1. The molecular weight excluding hydrogens is 382 g/mol. The van der Waals surface area contributed by atoms with E-state index in [4.69, 9.17) is 4.42 Å². The molecule has 2 aromatic rings. The van der Waals surface area contributed by atoms with Gasteiger partial charge < -0.3 is 9.32 Å². The van der Waals surface area contributed by atoms with Gasteiger partial charge in [-0.25, -0.2) is 13.2 Å². The second kappa shape index (κ2) is 6.46. The quantitative estimate of drug-likeness (QED) is 0.731. The number of amides is 3. The Morgan fingerprint density at radius 2 is 1.75 bits per heavy atom. The summed E-state index contributed by atoms with van der Waals surface area (Å²) in [7, 11) is -0.651. The van der Waals surface area contributed by atoms with E-state index in [1.54, 1.807) is 37.6 Å². The lowest BCUT2D eigenvalue weighted by molar-refractivity contribution is -0.133. The number of imide groups is 1. The summed E-state index contributed by atoms with van der Waals surface area (Å²) in [6.07, 6.45) is 3.65. The lowest BCUT2D eigenvalue weighted by atomic mass is 9.87. The van der Waals surface area contributed by atoms with Crippen LogP contribution in [0.2, 0.25) is 0 Å². The second-order valence-corrected chi connectivity index (χ2v) is 9.12. The monoisotopic (exact) mass is 403 g/mol. The Labute approximate surface area is 163 Å². The molecule has 2 aliphatic rings. The Bertz CT molecular complexity index is 1020. The molecule has 2 aliphatic heterocycles. The zero-order chi connectivity index (χ0) is 20.1. The lowest BCUT2D eigenvalue weighted by Gasteiger charge is -2.40. The van der Waals surface area contributed by atoms with Crippen LogP contribution in [0, 0.1) is 0 Å². The average Bonchev–Trinajstić information content (AvgIpc) is 3.30. The second-order valence-electron chi connectivity index (χ2n) is 7.18. The van der Waals surface area contributed by atoms with E-state index in [0.29, 0.717) is 0 Å². The molecule has 0 N–H and O–H groups in total. The minimum atomic E-state index is -3.71. The Morgan fingerprint density at radius 1 is 1.04 bits per heavy atom. The van der Waals surface area contributed by atoms with Gasteiger partial charge in [0.05, 0.1) is 17.4 Å². The van der Waals surface area contributed by atoms with Gasteiger partial charge in [-0.15, -0.1) is 0 Å². The van der Waals surface area contributed by atoms with Crippen molar-refractivity contribution in [3.8, 4) is 11.1 Å². The maximum absolute atomic E-state index is 13.1. The Morgan fingerprint density at radius 3 is 2.32 bits per heavy atom. The van der Waals surface area contributed by atoms with E-state index in [-0.39, 0.29) is 42.8 Å². The molecule has 3 amide bonds. The van der Waals surface area contributed by atoms with Gasteiger partial charge in [-0.3, -0.25) is 9.69 Å². The minimum Gasteiger partial charge on any atom is -0.472 e. The van der Waals surface area contributed by atoms with Crippen LogP contribution in [0.25, 0.3) is 11.1 Å². The zero-order valence-electron chi connectivity index (χ0n) is 15.7. The molecule has 0 radical (unpaired) electrons. The highest BCUT2D eigenvalue weighted by Gasteiger charge is 2.56. The third-order valence-corrected chi connectivity index (χ3v) is 7.69. The molecule has 28 heavy (non-hydrogen) atoms. The molecule has 9 heteroatoms. The molecule has 0 aliphatic carbocycles. The number of piperidine rings is 1. The number of nitrogens with zero attached hydrogens (tertiary/aromatic N) is 3. The lowest BCUT2D eigenvalue weighted by Crippen LogP contribution is -2.56. The van der Waals surface area contributed by atoms with E-state index >= 15 is 0 Å². The number of carbonyl (C=O) groups is 2. The fraction of sp³-hybridized carbons (Fsp3) is 0.368. The number of hydrogen-bond acceptors (Lipinski definition) is 5. The first-order valence-electron chi connectivity index (χ1n) is 8.96. The number of hydrogen-bond donors (Lipinski definition) is 0. The average molecular weight is 403 g/mol. The van der Waals surface area contributed by atoms with Gasteiger partial charge in [-0.2, -0.15) is 4.31 Å². The van der Waals surface area contributed by atoms with Crippen molar-refractivity contribution < 1.29 is 22.4 Å². The van der Waals surface area contributed by atoms with Crippen molar-refractivity contribution in [2.75, 3.05) is 27.2 Å². The number of carbonyl (C=O) groups excluding carboxylic acids is 2. The van der Waals surface area contributed by atoms with Crippen LogP contribution in [0.3, 0.4) is 0 Å². The number of furan rings is 1. The van der Waals surface area contributed by atoms with Gasteiger partial charge >= 0.3 is 6.03 Å². The smallest absolute Gasteiger partial charge is 0.327 e. The molecule has 2 fully saturated rings. The summed E-state index contributed by atoms with van der Waals surface area (Å²) in [5.41, 5.74) is 0.604. The van der Waals surface area contributed by atoms with E-state index in [1.165, 1.54) is 22.5 Å². The van der Waals surface area contributed by atoms with Gasteiger partial charge in [0.2, 0.25) is 10.0 Å². The Hall–Kier alpha value is -2.65. The molecule has 1 spiro atoms. The number of urea groups is 1. The molecule has 8 nitrogen and oxygen atoms in total. The highest BCUT2D eigenvalue weighted by molar-refractivity contribution is 7.89. The van der Waals surface area contributed by atoms with E-state index in [2.05, 4.69) is 0 Å². The van der Waals surface area contributed by atoms with E-state index in [9.17, 15) is 18.0 Å². The van der Waals surface area contributed by atoms with Gasteiger partial charge in [0.15, 0.2) is 0 Å². The first-order valence-corrected chi connectivity index (χ1v) is 10.4. The van der Waals surface area contributed by atoms with Crippen molar-refractivity contribution in [3.05, 3.63) is 42.9 Å². The summed E-state index contributed by atoms with van der Waals surface area (Å²) in [6.45, 7) is 0.352. The van der Waals surface area contributed by atoms with Crippen LogP contribution in [0.15, 0.2) is 52.2 Å². The molecule has 4 rings (SSSR count). The molecule has 0 saturated carbocycles. The summed E-state index contributed by atoms with van der Waals surface area (Å²) < 4.78 is 32.7. The molecule has 1 aromatic heterocycles. The van der Waals surface area contributed by atoms with Crippen molar-refractivity contribution in [1.82, 2.24) is 14.1 Å². The molecule has 0 atom stereocenters. The minimum absolute atomic E-state index is 0.176. The van der Waals surface area contributed by atoms with Crippen LogP contribution in [-0.2, 0) is 14.8 Å². The van der Waals surface area contributed by atoms with Crippen LogP contribution < -0.4 is 0 Å². The zero-order valence-corrected chi connectivity index (χ0v) is 16.5. The molecule has 2 saturated heterocycles. The van der Waals surface area contributed by atoms with Gasteiger partial charge in [-0.1, -0.05) is 12.1 Å². The predicted molar refractivity (Wildman–Crippen MR) is 101 cm³/mol. The number of rotatable bonds is 3. The highest BCUT2D eigenvalue weighted by atomic mass is 32.2. The van der Waals surface area contributed by atoms with Crippen molar-refractivity contribution in [1.29, 1.82) is 0 Å².